The van der Waals surface area contributed by atoms with E-state index in [9.17, 15) is 14.4 Å². The number of carboxylic acid groups (broad SMARTS) is 1. The van der Waals surface area contributed by atoms with E-state index in [2.05, 4.69) is 5.32 Å². The van der Waals surface area contributed by atoms with E-state index in [1.54, 1.807) is 31.2 Å². The zero-order chi connectivity index (χ0) is 15.4. The van der Waals surface area contributed by atoms with Crippen molar-refractivity contribution in [3.63, 3.8) is 0 Å². The summed E-state index contributed by atoms with van der Waals surface area (Å²) in [6, 6.07) is 5.93. The lowest BCUT2D eigenvalue weighted by atomic mass is 10.2. The van der Waals surface area contributed by atoms with E-state index >= 15 is 0 Å². The third-order valence-electron chi connectivity index (χ3n) is 3.15. The van der Waals surface area contributed by atoms with Crippen LogP contribution in [0.2, 0.25) is 0 Å². The number of carboxylic acids is 1. The molecule has 0 saturated carbocycles. The molecule has 7 nitrogen and oxygen atoms in total. The summed E-state index contributed by atoms with van der Waals surface area (Å²) in [5.74, 6) is -1.43. The van der Waals surface area contributed by atoms with Gasteiger partial charge in [0, 0.05) is 0 Å². The summed E-state index contributed by atoms with van der Waals surface area (Å²) >= 11 is 0. The Balaban J connectivity index is 2.10. The molecule has 7 heteroatoms. The molecule has 0 saturated heterocycles. The Kier molecular flexibility index (Phi) is 4.42. The number of carbonyl (C=O) groups is 3. The van der Waals surface area contributed by atoms with Crippen molar-refractivity contribution < 1.29 is 24.2 Å². The second-order valence-corrected chi connectivity index (χ2v) is 4.60. The molecule has 0 bridgehead atoms. The SMILES string of the molecule is CCC(NC(=O)CN1C(=O)COc2ccccc21)C(=O)O. The fourth-order valence-corrected chi connectivity index (χ4v) is 2.05. The van der Waals surface area contributed by atoms with Crippen LogP contribution in [0.1, 0.15) is 13.3 Å². The number of aliphatic carboxylic acids is 1. The number of amides is 2. The van der Waals surface area contributed by atoms with E-state index in [-0.39, 0.29) is 25.5 Å². The van der Waals surface area contributed by atoms with Gasteiger partial charge in [-0.05, 0) is 18.6 Å². The van der Waals surface area contributed by atoms with E-state index in [0.29, 0.717) is 11.4 Å². The first-order valence-corrected chi connectivity index (χ1v) is 6.57. The lowest BCUT2D eigenvalue weighted by Gasteiger charge is -2.29. The maximum atomic E-state index is 11.9. The second kappa shape index (κ2) is 6.25. The third-order valence-corrected chi connectivity index (χ3v) is 3.15. The van der Waals surface area contributed by atoms with Crippen molar-refractivity contribution in [1.29, 1.82) is 0 Å². The number of anilines is 1. The molecule has 21 heavy (non-hydrogen) atoms. The van der Waals surface area contributed by atoms with E-state index < -0.39 is 17.9 Å². The molecule has 0 aliphatic carbocycles. The highest BCUT2D eigenvalue weighted by Crippen LogP contribution is 2.31. The van der Waals surface area contributed by atoms with Gasteiger partial charge in [0.2, 0.25) is 5.91 Å². The lowest BCUT2D eigenvalue weighted by Crippen LogP contribution is -2.48. The number of fused-ring (bicyclic) bond motifs is 1. The average Bonchev–Trinajstić information content (AvgIpc) is 2.47. The molecule has 0 spiro atoms. The van der Waals surface area contributed by atoms with Crippen LogP contribution in [-0.4, -0.2) is 42.1 Å². The van der Waals surface area contributed by atoms with Gasteiger partial charge in [0.25, 0.3) is 5.91 Å². The minimum Gasteiger partial charge on any atom is -0.482 e. The smallest absolute Gasteiger partial charge is 0.326 e. The van der Waals surface area contributed by atoms with Crippen LogP contribution in [0.25, 0.3) is 0 Å². The quantitative estimate of drug-likeness (QED) is 0.818. The summed E-state index contributed by atoms with van der Waals surface area (Å²) in [6.45, 7) is 1.29. The van der Waals surface area contributed by atoms with Crippen molar-refractivity contribution in [2.75, 3.05) is 18.1 Å². The number of nitrogens with one attached hydrogen (secondary N) is 1. The number of carbonyl (C=O) groups excluding carboxylic acids is 2. The molecule has 0 fully saturated rings. The maximum absolute atomic E-state index is 11.9. The van der Waals surface area contributed by atoms with Gasteiger partial charge < -0.3 is 15.2 Å². The minimum absolute atomic E-state index is 0.138. The highest BCUT2D eigenvalue weighted by atomic mass is 16.5. The van der Waals surface area contributed by atoms with Crippen molar-refractivity contribution in [3.05, 3.63) is 24.3 Å². The Morgan fingerprint density at radius 3 is 2.81 bits per heavy atom. The number of para-hydroxylation sites is 2. The van der Waals surface area contributed by atoms with Crippen molar-refractivity contribution >= 4 is 23.5 Å². The molecule has 2 amide bonds. The number of hydrogen-bond acceptors (Lipinski definition) is 4. The molecule has 2 N–H and O–H groups in total. The fraction of sp³-hybridized carbons (Fsp3) is 0.357. The highest BCUT2D eigenvalue weighted by molar-refractivity contribution is 6.02. The van der Waals surface area contributed by atoms with Gasteiger partial charge in [0.05, 0.1) is 5.69 Å². The minimum atomic E-state index is -1.10. The van der Waals surface area contributed by atoms with Crippen LogP contribution in [0.5, 0.6) is 5.75 Å². The van der Waals surface area contributed by atoms with E-state index in [1.165, 1.54) is 4.90 Å². The maximum Gasteiger partial charge on any atom is 0.326 e. The average molecular weight is 292 g/mol. The van der Waals surface area contributed by atoms with Crippen LogP contribution in [0.3, 0.4) is 0 Å². The summed E-state index contributed by atoms with van der Waals surface area (Å²) in [5.41, 5.74) is 0.507. The summed E-state index contributed by atoms with van der Waals surface area (Å²) < 4.78 is 5.27. The van der Waals surface area contributed by atoms with Gasteiger partial charge in [-0.2, -0.15) is 0 Å². The number of nitrogens with zero attached hydrogens (tertiary/aromatic N) is 1. The molecule has 2 rings (SSSR count). The Bertz CT molecular complexity index is 572. The van der Waals surface area contributed by atoms with E-state index in [1.807, 2.05) is 0 Å². The molecule has 112 valence electrons. The van der Waals surface area contributed by atoms with Crippen molar-refractivity contribution in [2.45, 2.75) is 19.4 Å². The molecule has 0 aromatic heterocycles. The Morgan fingerprint density at radius 1 is 1.43 bits per heavy atom. The highest BCUT2D eigenvalue weighted by Gasteiger charge is 2.28. The fourth-order valence-electron chi connectivity index (χ4n) is 2.05. The van der Waals surface area contributed by atoms with Gasteiger partial charge >= 0.3 is 5.97 Å². The van der Waals surface area contributed by atoms with Crippen LogP contribution in [0.15, 0.2) is 24.3 Å². The normalized spacial score (nSPS) is 14.9. The van der Waals surface area contributed by atoms with Crippen molar-refractivity contribution in [1.82, 2.24) is 5.32 Å². The summed E-state index contributed by atoms with van der Waals surface area (Å²) in [4.78, 5) is 36.0. The molecule has 1 aromatic rings. The topological polar surface area (TPSA) is 95.9 Å². The predicted octanol–water partition coefficient (Wildman–Crippen LogP) is 0.391. The molecule has 1 heterocycles. The van der Waals surface area contributed by atoms with E-state index in [4.69, 9.17) is 9.84 Å². The number of hydrogen-bond donors (Lipinski definition) is 2. The standard InChI is InChI=1S/C14H16N2O5/c1-2-9(14(19)20)15-12(17)7-16-10-5-3-4-6-11(10)21-8-13(16)18/h3-6,9H,2,7-8H2,1H3,(H,15,17)(H,19,20). The van der Waals surface area contributed by atoms with Crippen LogP contribution >= 0.6 is 0 Å². The molecule has 1 aliphatic heterocycles. The summed E-state index contributed by atoms with van der Waals surface area (Å²) in [5, 5.41) is 11.3. The Morgan fingerprint density at radius 2 is 2.14 bits per heavy atom. The monoisotopic (exact) mass is 292 g/mol. The Hall–Kier alpha value is -2.57. The van der Waals surface area contributed by atoms with Crippen LogP contribution in [0.4, 0.5) is 5.69 Å². The summed E-state index contributed by atoms with van der Waals surface area (Å²) in [6.07, 6.45) is 0.273. The molecule has 1 unspecified atom stereocenters. The van der Waals surface area contributed by atoms with Gasteiger partial charge in [-0.15, -0.1) is 0 Å². The Labute approximate surface area is 121 Å². The first-order valence-electron chi connectivity index (χ1n) is 6.57. The lowest BCUT2D eigenvalue weighted by molar-refractivity contribution is -0.141. The molecule has 0 radical (unpaired) electrons. The predicted molar refractivity (Wildman–Crippen MR) is 74.1 cm³/mol. The van der Waals surface area contributed by atoms with Gasteiger partial charge in [-0.25, -0.2) is 4.79 Å². The zero-order valence-electron chi connectivity index (χ0n) is 11.5. The first kappa shape index (κ1) is 14.8. The number of benzene rings is 1. The molecule has 1 aliphatic rings. The van der Waals surface area contributed by atoms with Crippen molar-refractivity contribution in [3.8, 4) is 5.75 Å². The van der Waals surface area contributed by atoms with Crippen LogP contribution < -0.4 is 15.0 Å². The third kappa shape index (κ3) is 3.31. The van der Waals surface area contributed by atoms with Crippen molar-refractivity contribution in [2.24, 2.45) is 0 Å². The van der Waals surface area contributed by atoms with Crippen LogP contribution in [-0.2, 0) is 14.4 Å². The number of ether oxygens (including phenoxy) is 1. The van der Waals surface area contributed by atoms with Gasteiger partial charge in [0.1, 0.15) is 18.3 Å². The number of rotatable bonds is 5. The molecular weight excluding hydrogens is 276 g/mol. The van der Waals surface area contributed by atoms with Crippen LogP contribution in [0, 0.1) is 0 Å². The molecular formula is C14H16N2O5. The second-order valence-electron chi connectivity index (χ2n) is 4.60. The first-order chi connectivity index (χ1) is 10.0. The molecule has 1 atom stereocenters. The largest absolute Gasteiger partial charge is 0.482 e. The van der Waals surface area contributed by atoms with Gasteiger partial charge in [-0.3, -0.25) is 14.5 Å². The molecule has 1 aromatic carbocycles. The summed E-state index contributed by atoms with van der Waals surface area (Å²) in [7, 11) is 0. The van der Waals surface area contributed by atoms with Gasteiger partial charge in [-0.1, -0.05) is 19.1 Å². The van der Waals surface area contributed by atoms with Gasteiger partial charge in [0.15, 0.2) is 6.61 Å². The zero-order valence-corrected chi connectivity index (χ0v) is 11.5. The van der Waals surface area contributed by atoms with E-state index in [0.717, 1.165) is 0 Å².